The van der Waals surface area contributed by atoms with Crippen LogP contribution in [0.1, 0.15) is 16.6 Å². The number of rotatable bonds is 4. The number of carbonyl (C=O) groups excluding carboxylic acids is 1. The van der Waals surface area contributed by atoms with Crippen LogP contribution in [-0.2, 0) is 4.74 Å². The molecule has 0 bridgehead atoms. The molecule has 0 atom stereocenters. The Hall–Kier alpha value is -2.08. The fraction of sp³-hybridized carbons (Fsp3) is 0.143. The Morgan fingerprint density at radius 1 is 1.45 bits per heavy atom. The molecule has 0 aliphatic rings. The van der Waals surface area contributed by atoms with E-state index in [-0.39, 0.29) is 22.2 Å². The summed E-state index contributed by atoms with van der Waals surface area (Å²) in [7, 11) is 0. The van der Waals surface area contributed by atoms with Crippen LogP contribution < -0.4 is 0 Å². The zero-order valence-electron chi connectivity index (χ0n) is 11.4. The van der Waals surface area contributed by atoms with Gasteiger partial charge in [-0.25, -0.2) is 9.64 Å². The first-order valence-electron chi connectivity index (χ1n) is 6.14. The highest BCUT2D eigenvalue weighted by molar-refractivity contribution is 14.1. The summed E-state index contributed by atoms with van der Waals surface area (Å²) >= 11 is 3.14. The van der Waals surface area contributed by atoms with E-state index in [0.717, 1.165) is 14.9 Å². The van der Waals surface area contributed by atoms with E-state index in [4.69, 9.17) is 16.8 Å². The molecule has 22 heavy (non-hydrogen) atoms. The second-order valence-corrected chi connectivity index (χ2v) is 6.23. The van der Waals surface area contributed by atoms with Gasteiger partial charge in [-0.15, -0.1) is 11.3 Å². The minimum absolute atomic E-state index is 0.173. The highest BCUT2D eigenvalue weighted by Crippen LogP contribution is 2.48. The van der Waals surface area contributed by atoms with Crippen LogP contribution in [0.5, 0.6) is 0 Å². The molecule has 8 heteroatoms. The molecule has 0 radical (unpaired) electrons. The zero-order valence-corrected chi connectivity index (χ0v) is 14.4. The van der Waals surface area contributed by atoms with Crippen molar-refractivity contribution in [3.63, 3.8) is 0 Å². The van der Waals surface area contributed by atoms with Crippen LogP contribution in [0, 0.1) is 10.1 Å². The second-order valence-electron chi connectivity index (χ2n) is 3.99. The van der Waals surface area contributed by atoms with Crippen LogP contribution in [0.3, 0.4) is 0 Å². The summed E-state index contributed by atoms with van der Waals surface area (Å²) in [5.41, 5.74) is 9.98. The Morgan fingerprint density at radius 2 is 2.14 bits per heavy atom. The van der Waals surface area contributed by atoms with Gasteiger partial charge in [0.2, 0.25) is 5.69 Å². The molecule has 2 rings (SSSR count). The van der Waals surface area contributed by atoms with E-state index in [1.54, 1.807) is 6.92 Å². The Labute approximate surface area is 144 Å². The van der Waals surface area contributed by atoms with Crippen molar-refractivity contribution in [3.05, 3.63) is 54.6 Å². The Balaban J connectivity index is 2.72. The third kappa shape index (κ3) is 3.22. The lowest BCUT2D eigenvalue weighted by Gasteiger charge is -2.05. The first-order chi connectivity index (χ1) is 10.6. The quantitative estimate of drug-likeness (QED) is 0.158. The number of ether oxygens (including phenoxy) is 1. The molecule has 6 nitrogen and oxygen atoms in total. The predicted octanol–water partition coefficient (Wildman–Crippen LogP) is 5.69. The smallest absolute Gasteiger partial charge is 0.347 e. The Morgan fingerprint density at radius 3 is 2.68 bits per heavy atom. The zero-order chi connectivity index (χ0) is 16.1. The maximum Gasteiger partial charge on any atom is 0.347 e. The van der Waals surface area contributed by atoms with Gasteiger partial charge in [-0.2, -0.15) is 0 Å². The average molecular weight is 424 g/mol. The number of nitrogens with zero attached hydrogens (tertiary/aromatic N) is 4. The highest BCUT2D eigenvalue weighted by Gasteiger charge is 2.24. The van der Waals surface area contributed by atoms with Crippen molar-refractivity contribution in [3.8, 4) is 11.1 Å². The molecule has 2 aromatic rings. The average Bonchev–Trinajstić information content (AvgIpc) is 2.87. The van der Waals surface area contributed by atoms with Gasteiger partial charge in [-0.1, -0.05) is 17.2 Å². The monoisotopic (exact) mass is 424 g/mol. The lowest BCUT2D eigenvalue weighted by atomic mass is 10.0. The fourth-order valence-corrected chi connectivity index (χ4v) is 3.18. The summed E-state index contributed by atoms with van der Waals surface area (Å²) in [4.78, 5) is 18.6. The molecule has 0 N–H and O–H groups in total. The van der Waals surface area contributed by atoms with E-state index in [0.29, 0.717) is 11.1 Å². The maximum absolute atomic E-state index is 12.1. The van der Waals surface area contributed by atoms with Gasteiger partial charge in [0.1, 0.15) is 4.88 Å². The van der Waals surface area contributed by atoms with E-state index in [2.05, 4.69) is 37.5 Å². The second kappa shape index (κ2) is 7.26. The van der Waals surface area contributed by atoms with Crippen molar-refractivity contribution >= 4 is 50.6 Å². The first kappa shape index (κ1) is 16.3. The van der Waals surface area contributed by atoms with Crippen LogP contribution in [0.2, 0.25) is 0 Å². The van der Waals surface area contributed by atoms with Crippen LogP contribution >= 0.6 is 33.9 Å². The molecule has 0 saturated heterocycles. The topological polar surface area (TPSA) is 79.4 Å². The van der Waals surface area contributed by atoms with Crippen molar-refractivity contribution in [2.45, 2.75) is 6.92 Å². The van der Waals surface area contributed by atoms with E-state index in [9.17, 15) is 4.79 Å². The van der Waals surface area contributed by atoms with Gasteiger partial charge < -0.3 is 4.74 Å². The van der Waals surface area contributed by atoms with Gasteiger partial charge in [-0.05, 0) is 52.7 Å². The van der Waals surface area contributed by atoms with E-state index in [1.807, 2.05) is 24.3 Å². The summed E-state index contributed by atoms with van der Waals surface area (Å²) in [6.45, 7) is 9.28. The summed E-state index contributed by atoms with van der Waals surface area (Å²) < 4.78 is 6.07. The van der Waals surface area contributed by atoms with Gasteiger partial charge in [-0.3, -0.25) is 0 Å². The summed E-state index contributed by atoms with van der Waals surface area (Å²) in [6, 6.07) is 7.40. The number of thiophene rings is 1. The molecule has 110 valence electrons. The summed E-state index contributed by atoms with van der Waals surface area (Å²) in [5, 5.41) is 3.70. The van der Waals surface area contributed by atoms with Crippen LogP contribution in [0.15, 0.2) is 29.4 Å². The molecule has 0 spiro atoms. The van der Waals surface area contributed by atoms with Crippen molar-refractivity contribution in [2.24, 2.45) is 5.11 Å². The normalized spacial score (nSPS) is 9.68. The molecule has 0 aliphatic carbocycles. The molecule has 1 aromatic carbocycles. The van der Waals surface area contributed by atoms with Gasteiger partial charge in [0.05, 0.1) is 18.2 Å². The third-order valence-corrected chi connectivity index (χ3v) is 4.47. The summed E-state index contributed by atoms with van der Waals surface area (Å²) in [5.74, 6) is -0.523. The third-order valence-electron chi connectivity index (χ3n) is 2.71. The number of carbonyl (C=O) groups is 1. The summed E-state index contributed by atoms with van der Waals surface area (Å²) in [6.07, 6.45) is 0. The predicted molar refractivity (Wildman–Crippen MR) is 93.5 cm³/mol. The number of halogens is 1. The Kier molecular flexibility index (Phi) is 5.38. The van der Waals surface area contributed by atoms with Gasteiger partial charge in [0.15, 0.2) is 0 Å². The van der Waals surface area contributed by atoms with Crippen LogP contribution in [0.25, 0.3) is 26.4 Å². The standard InChI is InChI=1S/C14H9IN4O2S/c1-3-21-14(20)12-10(8-4-6-9(15)7-5-8)11(17-2)13(22-12)18-19-16/h4-7H,3H2,1H3. The van der Waals surface area contributed by atoms with E-state index in [1.165, 1.54) is 0 Å². The number of esters is 1. The van der Waals surface area contributed by atoms with Gasteiger partial charge >= 0.3 is 5.97 Å². The molecule has 0 unspecified atom stereocenters. The molecule has 0 amide bonds. The minimum Gasteiger partial charge on any atom is -0.462 e. The molecule has 0 aliphatic heterocycles. The SMILES string of the molecule is [C-]#[N+]c1c(N=[N+]=[N-])sc(C(=O)OCC)c1-c1ccc(I)cc1. The van der Waals surface area contributed by atoms with Crippen LogP contribution in [-0.4, -0.2) is 12.6 Å². The van der Waals surface area contributed by atoms with Gasteiger partial charge in [0, 0.05) is 14.0 Å². The lowest BCUT2D eigenvalue weighted by Crippen LogP contribution is -2.03. The molecular formula is C14H9IN4O2S. The van der Waals surface area contributed by atoms with Crippen molar-refractivity contribution in [2.75, 3.05) is 6.61 Å². The first-order valence-corrected chi connectivity index (χ1v) is 8.04. The number of hydrogen-bond donors (Lipinski definition) is 0. The molecular weight excluding hydrogens is 415 g/mol. The highest BCUT2D eigenvalue weighted by atomic mass is 127. The van der Waals surface area contributed by atoms with Crippen molar-refractivity contribution in [1.82, 2.24) is 0 Å². The minimum atomic E-state index is -0.523. The fourth-order valence-electron chi connectivity index (χ4n) is 1.85. The van der Waals surface area contributed by atoms with Crippen LogP contribution in [0.4, 0.5) is 10.7 Å². The lowest BCUT2D eigenvalue weighted by molar-refractivity contribution is 0.0533. The molecule has 0 saturated carbocycles. The van der Waals surface area contributed by atoms with E-state index >= 15 is 0 Å². The van der Waals surface area contributed by atoms with Crippen molar-refractivity contribution in [1.29, 1.82) is 0 Å². The number of azide groups is 1. The van der Waals surface area contributed by atoms with E-state index < -0.39 is 5.97 Å². The Bertz CT molecular complexity index is 801. The van der Waals surface area contributed by atoms with Gasteiger partial charge in [0.25, 0.3) is 0 Å². The molecule has 0 fully saturated rings. The van der Waals surface area contributed by atoms with Crippen molar-refractivity contribution < 1.29 is 9.53 Å². The largest absolute Gasteiger partial charge is 0.462 e. The number of hydrogen-bond acceptors (Lipinski definition) is 4. The number of benzene rings is 1. The molecule has 1 aromatic heterocycles. The maximum atomic E-state index is 12.1. The molecule has 1 heterocycles.